The van der Waals surface area contributed by atoms with Crippen molar-refractivity contribution in [1.82, 2.24) is 0 Å². The van der Waals surface area contributed by atoms with Crippen LogP contribution in [0.2, 0.25) is 21.4 Å². The SMILES string of the molecule is CCCCC[Si](CCCCC)=[Hf]([CH3])([CH3])([CH]1C=Cc2c(-c3cc(C(C)(C)C)cc(C(C)(C)C)c3)cccc21)[CH]1C=Cc2c(-c3cc(C(C)(C)C)cc(C(C)(C)C)c3)cccc21. The zero-order valence-corrected chi connectivity index (χ0v) is 45.6. The van der Waals surface area contributed by atoms with Gasteiger partial charge in [0.05, 0.1) is 0 Å². The molecule has 2 aliphatic rings. The summed E-state index contributed by atoms with van der Waals surface area (Å²) in [5.41, 5.74) is 17.2. The molecule has 0 aliphatic heterocycles. The van der Waals surface area contributed by atoms with Gasteiger partial charge in [-0.05, 0) is 0 Å². The van der Waals surface area contributed by atoms with E-state index in [1.165, 1.54) is 106 Å². The molecule has 0 saturated carbocycles. The molecule has 2 aliphatic carbocycles. The van der Waals surface area contributed by atoms with Crippen LogP contribution < -0.4 is 0 Å². The first kappa shape index (κ1) is 46.9. The Bertz CT molecular complexity index is 2120. The third-order valence-corrected chi connectivity index (χ3v) is 71.0. The third kappa shape index (κ3) is 9.23. The predicted molar refractivity (Wildman–Crippen MR) is 268 cm³/mol. The van der Waals surface area contributed by atoms with Gasteiger partial charge in [0.2, 0.25) is 0 Å². The molecule has 0 radical (unpaired) electrons. The van der Waals surface area contributed by atoms with E-state index in [0.717, 1.165) is 0 Å². The average molecular weight is 986 g/mol. The molecule has 4 aromatic rings. The van der Waals surface area contributed by atoms with Crippen LogP contribution in [0.4, 0.5) is 0 Å². The minimum absolute atomic E-state index is 0.0764. The van der Waals surface area contributed by atoms with Crippen molar-refractivity contribution in [3.63, 3.8) is 0 Å². The molecule has 0 heterocycles. The molecule has 0 N–H and O–H groups in total. The first-order chi connectivity index (χ1) is 27.9. The second-order valence-corrected chi connectivity index (χ2v) is 70.0. The van der Waals surface area contributed by atoms with Gasteiger partial charge >= 0.3 is 372 Å². The number of fused-ring (bicyclic) bond motifs is 2. The molecule has 0 nitrogen and oxygen atoms in total. The van der Waals surface area contributed by atoms with Gasteiger partial charge in [0.25, 0.3) is 0 Å². The summed E-state index contributed by atoms with van der Waals surface area (Å²) in [7, 11) is 0. The van der Waals surface area contributed by atoms with Crippen molar-refractivity contribution in [2.75, 3.05) is 0 Å². The molecule has 60 heavy (non-hydrogen) atoms. The van der Waals surface area contributed by atoms with E-state index in [2.05, 4.69) is 203 Å². The van der Waals surface area contributed by atoms with Crippen molar-refractivity contribution < 1.29 is 17.1 Å². The molecule has 2 heteroatoms. The summed E-state index contributed by atoms with van der Waals surface area (Å²) < 4.78 is 7.05. The zero-order valence-electron chi connectivity index (χ0n) is 41.0. The third-order valence-electron chi connectivity index (χ3n) is 15.0. The summed E-state index contributed by atoms with van der Waals surface area (Å²) in [5, 5.41) is 0. The Hall–Kier alpha value is -2.55. The molecule has 4 aromatic carbocycles. The van der Waals surface area contributed by atoms with E-state index in [4.69, 9.17) is 0 Å². The molecular weight excluding hydrogens is 903 g/mol. The van der Waals surface area contributed by atoms with Crippen molar-refractivity contribution >= 4 is 17.6 Å². The van der Waals surface area contributed by atoms with Gasteiger partial charge in [-0.1, -0.05) is 0 Å². The fraction of sp³-hybridized carbons (Fsp3) is 0.517. The molecule has 0 fully saturated rings. The Morgan fingerprint density at radius 2 is 0.800 bits per heavy atom. The van der Waals surface area contributed by atoms with Gasteiger partial charge in [-0.2, -0.15) is 0 Å². The summed E-state index contributed by atoms with van der Waals surface area (Å²) in [6.45, 7) is 33.2. The molecular formula is C58H82HfSi. The van der Waals surface area contributed by atoms with Crippen LogP contribution >= 0.6 is 0 Å². The molecule has 0 aromatic heterocycles. The fourth-order valence-corrected chi connectivity index (χ4v) is 64.2. The minimum atomic E-state index is -4.13. The summed E-state index contributed by atoms with van der Waals surface area (Å²) >= 11 is -4.13. The van der Waals surface area contributed by atoms with Crippen molar-refractivity contribution in [1.29, 1.82) is 0 Å². The van der Waals surface area contributed by atoms with Crippen LogP contribution in [0.1, 0.15) is 187 Å². The summed E-state index contributed by atoms with van der Waals surface area (Å²) in [6, 6.07) is 32.7. The van der Waals surface area contributed by atoms with Crippen molar-refractivity contribution in [3.05, 3.63) is 129 Å². The molecule has 0 saturated heterocycles. The van der Waals surface area contributed by atoms with E-state index in [1.54, 1.807) is 11.1 Å². The zero-order chi connectivity index (χ0) is 44.1. The van der Waals surface area contributed by atoms with Gasteiger partial charge in [0, 0.05) is 0 Å². The van der Waals surface area contributed by atoms with E-state index in [1.807, 2.05) is 0 Å². The van der Waals surface area contributed by atoms with Crippen molar-refractivity contribution in [2.45, 2.75) is 186 Å². The standard InChI is InChI=1S/2C23H27.C10H22Si.2CH3.Hf/c2*1-22(2,3)18-13-17(14-19(15-18)23(4,5)6)21-12-8-10-16-9-7-11-20(16)21;1-3-5-7-9-11-10-8-6-4-2;;;/h2*7-15H,1-6H3;3-10H2,1-2H3;2*1H3;. The van der Waals surface area contributed by atoms with Gasteiger partial charge in [-0.25, -0.2) is 0 Å². The Balaban J connectivity index is 1.60. The number of benzene rings is 4. The molecule has 2 unspecified atom stereocenters. The van der Waals surface area contributed by atoms with E-state index >= 15 is 0 Å². The Morgan fingerprint density at radius 1 is 0.467 bits per heavy atom. The van der Waals surface area contributed by atoms with Gasteiger partial charge in [-0.3, -0.25) is 0 Å². The van der Waals surface area contributed by atoms with Crippen molar-refractivity contribution in [2.24, 2.45) is 0 Å². The van der Waals surface area contributed by atoms with Gasteiger partial charge < -0.3 is 0 Å². The molecule has 0 bridgehead atoms. The quantitative estimate of drug-likeness (QED) is 0.0980. The predicted octanol–water partition coefficient (Wildman–Crippen LogP) is 18.2. The molecule has 322 valence electrons. The van der Waals surface area contributed by atoms with E-state index in [9.17, 15) is 0 Å². The maximum atomic E-state index is 2.99. The monoisotopic (exact) mass is 987 g/mol. The van der Waals surface area contributed by atoms with Crippen LogP contribution in [0.15, 0.2) is 84.9 Å². The van der Waals surface area contributed by atoms with Crippen LogP contribution in [-0.2, 0) is 38.8 Å². The Labute approximate surface area is 369 Å². The van der Waals surface area contributed by atoms with Crippen LogP contribution in [-0.4, -0.2) is 5.49 Å². The van der Waals surface area contributed by atoms with Crippen LogP contribution in [0.25, 0.3) is 34.4 Å². The summed E-state index contributed by atoms with van der Waals surface area (Å²) in [6.07, 6.45) is 18.8. The maximum absolute atomic E-state index is 4.13. The topological polar surface area (TPSA) is 0 Å². The van der Waals surface area contributed by atoms with E-state index in [0.29, 0.717) is 7.35 Å². The van der Waals surface area contributed by atoms with Crippen LogP contribution in [0.5, 0.6) is 0 Å². The molecule has 2 atom stereocenters. The van der Waals surface area contributed by atoms with Crippen LogP contribution in [0.3, 0.4) is 0 Å². The summed E-state index contributed by atoms with van der Waals surface area (Å²) in [4.78, 5) is 0. The van der Waals surface area contributed by atoms with Crippen molar-refractivity contribution in [3.8, 4) is 22.3 Å². The first-order valence-electron chi connectivity index (χ1n) is 23.9. The molecule has 6 rings (SSSR count). The second kappa shape index (κ2) is 17.2. The average Bonchev–Trinajstić information content (AvgIpc) is 3.82. The Kier molecular flexibility index (Phi) is 13.5. The van der Waals surface area contributed by atoms with Gasteiger partial charge in [-0.15, -0.1) is 0 Å². The van der Waals surface area contributed by atoms with Gasteiger partial charge in [0.15, 0.2) is 0 Å². The van der Waals surface area contributed by atoms with E-state index in [-0.39, 0.29) is 21.7 Å². The number of rotatable bonds is 12. The Morgan fingerprint density at radius 3 is 1.10 bits per heavy atom. The van der Waals surface area contributed by atoms with E-state index < -0.39 is 22.6 Å². The first-order valence-corrected chi connectivity index (χ1v) is 42.5. The molecule has 0 amide bonds. The number of allylic oxidation sites excluding steroid dienone is 2. The second-order valence-electron chi connectivity index (χ2n) is 24.0. The number of hydrogen-bond donors (Lipinski definition) is 0. The van der Waals surface area contributed by atoms with Crippen LogP contribution in [0, 0.1) is 0 Å². The molecule has 0 spiro atoms. The van der Waals surface area contributed by atoms with Gasteiger partial charge in [0.1, 0.15) is 0 Å². The number of unbranched alkanes of at least 4 members (excludes halogenated alkanes) is 4. The fourth-order valence-electron chi connectivity index (χ4n) is 10.7. The number of hydrogen-bond acceptors (Lipinski definition) is 0. The normalized spacial score (nSPS) is 17.0. The summed E-state index contributed by atoms with van der Waals surface area (Å²) in [5.74, 6) is 0.